The molecular formula is C16H16ClNO3. The van der Waals surface area contributed by atoms with Crippen LogP contribution in [0.2, 0.25) is 5.02 Å². The monoisotopic (exact) mass is 305 g/mol. The first-order chi connectivity index (χ1) is 10.1. The van der Waals surface area contributed by atoms with E-state index in [1.807, 2.05) is 13.0 Å². The molecule has 2 aromatic carbocycles. The average molecular weight is 306 g/mol. The van der Waals surface area contributed by atoms with Gasteiger partial charge in [-0.15, -0.1) is 0 Å². The number of aliphatic hydroxyl groups is 1. The molecule has 1 amide bonds. The lowest BCUT2D eigenvalue weighted by atomic mass is 10.2. The molecule has 0 unspecified atom stereocenters. The van der Waals surface area contributed by atoms with Gasteiger partial charge in [0, 0.05) is 10.7 Å². The van der Waals surface area contributed by atoms with Crippen molar-refractivity contribution in [2.45, 2.75) is 13.5 Å². The lowest BCUT2D eigenvalue weighted by Gasteiger charge is -2.10. The Labute approximate surface area is 128 Å². The second-order valence-electron chi connectivity index (χ2n) is 4.60. The van der Waals surface area contributed by atoms with Gasteiger partial charge >= 0.3 is 0 Å². The molecule has 0 atom stereocenters. The van der Waals surface area contributed by atoms with Crippen LogP contribution in [0.5, 0.6) is 5.75 Å². The van der Waals surface area contributed by atoms with Crippen molar-refractivity contribution in [1.82, 2.24) is 0 Å². The molecule has 21 heavy (non-hydrogen) atoms. The number of amides is 1. The molecule has 0 aromatic heterocycles. The Morgan fingerprint density at radius 3 is 2.62 bits per heavy atom. The Balaban J connectivity index is 1.91. The van der Waals surface area contributed by atoms with Crippen LogP contribution in [0, 0.1) is 6.92 Å². The fourth-order valence-electron chi connectivity index (χ4n) is 1.76. The number of halogens is 1. The number of nitrogens with one attached hydrogen (secondary N) is 1. The SMILES string of the molecule is Cc1ccc(Cl)cc1NC(=O)COc1ccc(CO)cc1. The molecule has 2 rings (SSSR count). The maximum absolute atomic E-state index is 11.9. The molecule has 0 fully saturated rings. The van der Waals surface area contributed by atoms with E-state index in [1.54, 1.807) is 36.4 Å². The van der Waals surface area contributed by atoms with Crippen LogP contribution in [0.1, 0.15) is 11.1 Å². The van der Waals surface area contributed by atoms with E-state index in [9.17, 15) is 4.79 Å². The molecule has 0 bridgehead atoms. The molecule has 0 radical (unpaired) electrons. The van der Waals surface area contributed by atoms with Crippen LogP contribution in [-0.2, 0) is 11.4 Å². The summed E-state index contributed by atoms with van der Waals surface area (Å²) in [6, 6.07) is 12.2. The molecule has 2 N–H and O–H groups in total. The number of aryl methyl sites for hydroxylation is 1. The zero-order chi connectivity index (χ0) is 15.2. The zero-order valence-electron chi connectivity index (χ0n) is 11.6. The van der Waals surface area contributed by atoms with E-state index in [0.717, 1.165) is 11.1 Å². The van der Waals surface area contributed by atoms with Gasteiger partial charge < -0.3 is 15.2 Å². The topological polar surface area (TPSA) is 58.6 Å². The highest BCUT2D eigenvalue weighted by atomic mass is 35.5. The minimum atomic E-state index is -0.258. The van der Waals surface area contributed by atoms with Crippen LogP contribution < -0.4 is 10.1 Å². The number of hydrogen-bond acceptors (Lipinski definition) is 3. The molecule has 0 aliphatic heterocycles. The van der Waals surface area contributed by atoms with Crippen molar-refractivity contribution in [3.05, 3.63) is 58.6 Å². The van der Waals surface area contributed by atoms with Gasteiger partial charge in [-0.1, -0.05) is 29.8 Å². The summed E-state index contributed by atoms with van der Waals surface area (Å²) in [4.78, 5) is 11.9. The molecule has 0 saturated heterocycles. The van der Waals surface area contributed by atoms with Crippen molar-refractivity contribution in [2.24, 2.45) is 0 Å². The van der Waals surface area contributed by atoms with Crippen molar-refractivity contribution < 1.29 is 14.6 Å². The normalized spacial score (nSPS) is 10.2. The van der Waals surface area contributed by atoms with Crippen LogP contribution in [0.15, 0.2) is 42.5 Å². The van der Waals surface area contributed by atoms with Gasteiger partial charge in [0.1, 0.15) is 5.75 Å². The largest absolute Gasteiger partial charge is 0.484 e. The Hall–Kier alpha value is -2.04. The minimum Gasteiger partial charge on any atom is -0.484 e. The van der Waals surface area contributed by atoms with Gasteiger partial charge in [-0.3, -0.25) is 4.79 Å². The molecule has 0 heterocycles. The smallest absolute Gasteiger partial charge is 0.262 e. The average Bonchev–Trinajstić information content (AvgIpc) is 2.49. The second kappa shape index (κ2) is 7.11. The third-order valence-corrected chi connectivity index (χ3v) is 3.18. The van der Waals surface area contributed by atoms with Crippen molar-refractivity contribution in [3.63, 3.8) is 0 Å². The van der Waals surface area contributed by atoms with E-state index in [-0.39, 0.29) is 19.1 Å². The van der Waals surface area contributed by atoms with E-state index in [2.05, 4.69) is 5.32 Å². The number of anilines is 1. The van der Waals surface area contributed by atoms with Gasteiger partial charge in [0.15, 0.2) is 6.61 Å². The van der Waals surface area contributed by atoms with E-state index >= 15 is 0 Å². The van der Waals surface area contributed by atoms with Crippen LogP contribution in [0.25, 0.3) is 0 Å². The molecule has 0 saturated carbocycles. The first kappa shape index (κ1) is 15.4. The number of benzene rings is 2. The molecule has 5 heteroatoms. The molecular weight excluding hydrogens is 290 g/mol. The summed E-state index contributed by atoms with van der Waals surface area (Å²) in [7, 11) is 0. The van der Waals surface area contributed by atoms with Crippen molar-refractivity contribution in [3.8, 4) is 5.75 Å². The highest BCUT2D eigenvalue weighted by Crippen LogP contribution is 2.20. The predicted octanol–water partition coefficient (Wildman–Crippen LogP) is 3.16. The van der Waals surface area contributed by atoms with Crippen molar-refractivity contribution in [2.75, 3.05) is 11.9 Å². The molecule has 2 aromatic rings. The van der Waals surface area contributed by atoms with Crippen LogP contribution in [-0.4, -0.2) is 17.6 Å². The fourth-order valence-corrected chi connectivity index (χ4v) is 1.93. The first-order valence-electron chi connectivity index (χ1n) is 6.47. The van der Waals surface area contributed by atoms with Gasteiger partial charge in [0.05, 0.1) is 6.61 Å². The number of hydrogen-bond donors (Lipinski definition) is 2. The lowest BCUT2D eigenvalue weighted by Crippen LogP contribution is -2.20. The summed E-state index contributed by atoms with van der Waals surface area (Å²) >= 11 is 5.90. The summed E-state index contributed by atoms with van der Waals surface area (Å²) < 4.78 is 5.38. The highest BCUT2D eigenvalue weighted by Gasteiger charge is 2.06. The maximum atomic E-state index is 11.9. The third-order valence-electron chi connectivity index (χ3n) is 2.95. The maximum Gasteiger partial charge on any atom is 0.262 e. The fraction of sp³-hybridized carbons (Fsp3) is 0.188. The van der Waals surface area contributed by atoms with Crippen molar-refractivity contribution >= 4 is 23.2 Å². The predicted molar refractivity (Wildman–Crippen MR) is 82.7 cm³/mol. The van der Waals surface area contributed by atoms with Crippen molar-refractivity contribution in [1.29, 1.82) is 0 Å². The van der Waals surface area contributed by atoms with Gasteiger partial charge in [-0.2, -0.15) is 0 Å². The second-order valence-corrected chi connectivity index (χ2v) is 5.03. The summed E-state index contributed by atoms with van der Waals surface area (Å²) in [5.41, 5.74) is 2.40. The molecule has 0 spiro atoms. The molecule has 110 valence electrons. The number of aliphatic hydroxyl groups excluding tert-OH is 1. The van der Waals surface area contributed by atoms with Crippen LogP contribution in [0.4, 0.5) is 5.69 Å². The third kappa shape index (κ3) is 4.48. The van der Waals surface area contributed by atoms with Crippen LogP contribution >= 0.6 is 11.6 Å². The Kier molecular flexibility index (Phi) is 5.20. The quantitative estimate of drug-likeness (QED) is 0.892. The molecule has 4 nitrogen and oxygen atoms in total. The Morgan fingerprint density at radius 1 is 1.24 bits per heavy atom. The molecule has 0 aliphatic carbocycles. The zero-order valence-corrected chi connectivity index (χ0v) is 12.4. The van der Waals surface area contributed by atoms with E-state index in [4.69, 9.17) is 21.4 Å². The molecule has 0 aliphatic rings. The first-order valence-corrected chi connectivity index (χ1v) is 6.85. The Morgan fingerprint density at radius 2 is 1.95 bits per heavy atom. The minimum absolute atomic E-state index is 0.0190. The van der Waals surface area contributed by atoms with E-state index in [0.29, 0.717) is 16.5 Å². The van der Waals surface area contributed by atoms with Crippen LogP contribution in [0.3, 0.4) is 0 Å². The highest BCUT2D eigenvalue weighted by molar-refractivity contribution is 6.31. The number of ether oxygens (including phenoxy) is 1. The summed E-state index contributed by atoms with van der Waals surface area (Å²) in [6.45, 7) is 1.78. The van der Waals surface area contributed by atoms with E-state index in [1.165, 1.54) is 0 Å². The number of rotatable bonds is 5. The van der Waals surface area contributed by atoms with Gasteiger partial charge in [0.2, 0.25) is 0 Å². The summed E-state index contributed by atoms with van der Waals surface area (Å²) in [6.07, 6.45) is 0. The number of carbonyl (C=O) groups excluding carboxylic acids is 1. The number of carbonyl (C=O) groups is 1. The standard InChI is InChI=1S/C16H16ClNO3/c1-11-2-5-13(17)8-15(11)18-16(20)10-21-14-6-3-12(9-19)4-7-14/h2-8,19H,9-10H2,1H3,(H,18,20). The Bertz CT molecular complexity index is 626. The summed E-state index contributed by atoms with van der Waals surface area (Å²) in [5, 5.41) is 12.3. The summed E-state index contributed by atoms with van der Waals surface area (Å²) in [5.74, 6) is 0.316. The van der Waals surface area contributed by atoms with Gasteiger partial charge in [-0.25, -0.2) is 0 Å². The van der Waals surface area contributed by atoms with E-state index < -0.39 is 0 Å². The van der Waals surface area contributed by atoms with Gasteiger partial charge in [-0.05, 0) is 42.3 Å². The lowest BCUT2D eigenvalue weighted by molar-refractivity contribution is -0.118. The van der Waals surface area contributed by atoms with Gasteiger partial charge in [0.25, 0.3) is 5.91 Å².